The van der Waals surface area contributed by atoms with Crippen LogP contribution in [0, 0.1) is 5.41 Å². The normalized spacial score (nSPS) is 12.5. The number of rotatable bonds is 4. The van der Waals surface area contributed by atoms with Crippen LogP contribution in [0.4, 0.5) is 0 Å². The fourth-order valence-electron chi connectivity index (χ4n) is 0.744. The zero-order chi connectivity index (χ0) is 8.69. The third-order valence-corrected chi connectivity index (χ3v) is 1.66. The molecule has 0 spiro atoms. The number of nitrogens with one attached hydrogen (secondary N) is 1. The molecule has 0 aliphatic rings. The lowest BCUT2D eigenvalue weighted by Crippen LogP contribution is -1.86. The first-order valence-electron chi connectivity index (χ1n) is 4.15. The second kappa shape index (κ2) is 5.90. The van der Waals surface area contributed by atoms with Gasteiger partial charge >= 0.3 is 0 Å². The van der Waals surface area contributed by atoms with Crippen molar-refractivity contribution in [2.75, 3.05) is 0 Å². The molecule has 11 heavy (non-hydrogen) atoms. The fraction of sp³-hybridized carbons (Fsp3) is 0.500. The van der Waals surface area contributed by atoms with Gasteiger partial charge in [-0.15, -0.1) is 0 Å². The molecule has 0 heterocycles. The molecule has 0 bridgehead atoms. The van der Waals surface area contributed by atoms with Gasteiger partial charge in [0.1, 0.15) is 0 Å². The van der Waals surface area contributed by atoms with Crippen LogP contribution < -0.4 is 0 Å². The monoisotopic (exact) mass is 151 g/mol. The van der Waals surface area contributed by atoms with Crippen molar-refractivity contribution in [3.05, 3.63) is 23.8 Å². The van der Waals surface area contributed by atoms with Gasteiger partial charge in [-0.2, -0.15) is 0 Å². The van der Waals surface area contributed by atoms with Crippen LogP contribution in [0.2, 0.25) is 0 Å². The lowest BCUT2D eigenvalue weighted by Gasteiger charge is -1.94. The molecule has 0 amide bonds. The summed E-state index contributed by atoms with van der Waals surface area (Å²) in [4.78, 5) is 0. The Kier molecular flexibility index (Phi) is 5.44. The highest BCUT2D eigenvalue weighted by molar-refractivity contribution is 5.92. The minimum absolute atomic E-state index is 0.692. The molecule has 0 aromatic rings. The molecular weight excluding hydrogens is 134 g/mol. The lowest BCUT2D eigenvalue weighted by molar-refractivity contribution is 1.14. The molecule has 0 radical (unpaired) electrons. The maximum Gasteiger partial charge on any atom is 0.0311 e. The Labute approximate surface area is 69.3 Å². The van der Waals surface area contributed by atoms with E-state index in [-0.39, 0.29) is 0 Å². The molecule has 62 valence electrons. The van der Waals surface area contributed by atoms with E-state index in [4.69, 9.17) is 5.41 Å². The molecule has 0 aromatic heterocycles. The van der Waals surface area contributed by atoms with E-state index in [1.807, 2.05) is 26.0 Å². The van der Waals surface area contributed by atoms with E-state index in [1.165, 1.54) is 5.57 Å². The van der Waals surface area contributed by atoms with E-state index >= 15 is 0 Å². The Morgan fingerprint density at radius 2 is 1.82 bits per heavy atom. The largest absolute Gasteiger partial charge is 0.305 e. The van der Waals surface area contributed by atoms with Crippen LogP contribution in [-0.2, 0) is 0 Å². The molecule has 0 atom stereocenters. The maximum absolute atomic E-state index is 7.37. The molecule has 0 saturated carbocycles. The first-order valence-corrected chi connectivity index (χ1v) is 4.15. The molecule has 1 heteroatoms. The van der Waals surface area contributed by atoms with E-state index in [0.29, 0.717) is 5.71 Å². The Balaban J connectivity index is 4.00. The van der Waals surface area contributed by atoms with Gasteiger partial charge in [-0.1, -0.05) is 31.6 Å². The first kappa shape index (κ1) is 10.2. The minimum atomic E-state index is 0.692. The molecular formula is C10H17N. The molecule has 1 nitrogen and oxygen atoms in total. The van der Waals surface area contributed by atoms with Gasteiger partial charge in [0.25, 0.3) is 0 Å². The van der Waals surface area contributed by atoms with Crippen molar-refractivity contribution in [1.29, 1.82) is 5.41 Å². The van der Waals surface area contributed by atoms with Gasteiger partial charge < -0.3 is 5.41 Å². The van der Waals surface area contributed by atoms with Crippen molar-refractivity contribution in [3.63, 3.8) is 0 Å². The van der Waals surface area contributed by atoms with Gasteiger partial charge in [-0.3, -0.25) is 0 Å². The zero-order valence-electron chi connectivity index (χ0n) is 7.65. The van der Waals surface area contributed by atoms with Crippen molar-refractivity contribution in [3.8, 4) is 0 Å². The van der Waals surface area contributed by atoms with Gasteiger partial charge in [0.2, 0.25) is 0 Å². The van der Waals surface area contributed by atoms with Crippen LogP contribution in [0.15, 0.2) is 23.8 Å². The van der Waals surface area contributed by atoms with Crippen LogP contribution in [0.25, 0.3) is 0 Å². The Bertz CT molecular complexity index is 175. The first-order chi connectivity index (χ1) is 5.24. The van der Waals surface area contributed by atoms with Crippen LogP contribution in [-0.4, -0.2) is 5.71 Å². The smallest absolute Gasteiger partial charge is 0.0311 e. The summed E-state index contributed by atoms with van der Waals surface area (Å²) in [7, 11) is 0. The Morgan fingerprint density at radius 3 is 2.18 bits per heavy atom. The Morgan fingerprint density at radius 1 is 1.18 bits per heavy atom. The maximum atomic E-state index is 7.37. The highest BCUT2D eigenvalue weighted by atomic mass is 14.4. The van der Waals surface area contributed by atoms with E-state index < -0.39 is 0 Å². The number of allylic oxidation sites excluding steroid dienone is 4. The number of hydrogen-bond acceptors (Lipinski definition) is 1. The van der Waals surface area contributed by atoms with Crippen molar-refractivity contribution >= 4 is 5.71 Å². The molecule has 0 unspecified atom stereocenters. The summed E-state index contributed by atoms with van der Waals surface area (Å²) in [5.74, 6) is 0. The van der Waals surface area contributed by atoms with Gasteiger partial charge in [0.05, 0.1) is 0 Å². The third kappa shape index (κ3) is 4.54. The third-order valence-electron chi connectivity index (χ3n) is 1.66. The fourth-order valence-corrected chi connectivity index (χ4v) is 0.744. The quantitative estimate of drug-likeness (QED) is 0.470. The molecule has 0 aromatic carbocycles. The second-order valence-electron chi connectivity index (χ2n) is 2.43. The van der Waals surface area contributed by atoms with E-state index in [9.17, 15) is 0 Å². The summed E-state index contributed by atoms with van der Waals surface area (Å²) in [6, 6.07) is 0. The van der Waals surface area contributed by atoms with Gasteiger partial charge in [-0.05, 0) is 25.8 Å². The van der Waals surface area contributed by atoms with Crippen LogP contribution in [0.3, 0.4) is 0 Å². The van der Waals surface area contributed by atoms with Gasteiger partial charge in [0.15, 0.2) is 0 Å². The molecule has 0 rings (SSSR count). The van der Waals surface area contributed by atoms with Crippen molar-refractivity contribution in [1.82, 2.24) is 0 Å². The summed E-state index contributed by atoms with van der Waals surface area (Å²) in [6.07, 6.45) is 7.84. The van der Waals surface area contributed by atoms with Crippen molar-refractivity contribution in [2.45, 2.75) is 33.6 Å². The standard InChI is InChI=1S/C10H17N/c1-4-9(5-2)7-8-10(11)6-3/h4,7-8,11H,5-6H2,1-3H3/b8-7-,9-4-,11-10?. The Hall–Kier alpha value is -0.850. The second-order valence-corrected chi connectivity index (χ2v) is 2.43. The summed E-state index contributed by atoms with van der Waals surface area (Å²) >= 11 is 0. The van der Waals surface area contributed by atoms with E-state index in [0.717, 1.165) is 12.8 Å². The van der Waals surface area contributed by atoms with E-state index in [2.05, 4.69) is 13.0 Å². The summed E-state index contributed by atoms with van der Waals surface area (Å²) < 4.78 is 0. The van der Waals surface area contributed by atoms with Crippen LogP contribution in [0.1, 0.15) is 33.6 Å². The summed E-state index contributed by atoms with van der Waals surface area (Å²) in [5, 5.41) is 7.37. The lowest BCUT2D eigenvalue weighted by atomic mass is 10.1. The molecule has 0 fully saturated rings. The average Bonchev–Trinajstić information content (AvgIpc) is 2.06. The van der Waals surface area contributed by atoms with E-state index in [1.54, 1.807) is 0 Å². The molecule has 0 aliphatic heterocycles. The topological polar surface area (TPSA) is 23.9 Å². The zero-order valence-corrected chi connectivity index (χ0v) is 7.65. The highest BCUT2D eigenvalue weighted by Gasteiger charge is 1.86. The molecule has 1 N–H and O–H groups in total. The molecule has 0 aliphatic carbocycles. The predicted octanol–water partition coefficient (Wildman–Crippen LogP) is 3.33. The SMILES string of the molecule is C/C=C(\C=C/C(=N)CC)CC. The van der Waals surface area contributed by atoms with Crippen LogP contribution in [0.5, 0.6) is 0 Å². The van der Waals surface area contributed by atoms with Crippen LogP contribution >= 0.6 is 0 Å². The number of hydrogen-bond donors (Lipinski definition) is 1. The van der Waals surface area contributed by atoms with Gasteiger partial charge in [0, 0.05) is 5.71 Å². The summed E-state index contributed by atoms with van der Waals surface area (Å²) in [5.41, 5.74) is 1.99. The van der Waals surface area contributed by atoms with Gasteiger partial charge in [-0.25, -0.2) is 0 Å². The highest BCUT2D eigenvalue weighted by Crippen LogP contribution is 2.01. The average molecular weight is 151 g/mol. The predicted molar refractivity (Wildman–Crippen MR) is 51.2 cm³/mol. The summed E-state index contributed by atoms with van der Waals surface area (Å²) in [6.45, 7) is 6.14. The minimum Gasteiger partial charge on any atom is -0.305 e. The van der Waals surface area contributed by atoms with Crippen molar-refractivity contribution < 1.29 is 0 Å². The molecule has 0 saturated heterocycles. The van der Waals surface area contributed by atoms with Crippen molar-refractivity contribution in [2.24, 2.45) is 0 Å².